The second kappa shape index (κ2) is 5.32. The van der Waals surface area contributed by atoms with E-state index >= 15 is 0 Å². The van der Waals surface area contributed by atoms with E-state index in [1.165, 1.54) is 21.9 Å². The number of benzene rings is 2. The third-order valence-electron chi connectivity index (χ3n) is 4.25. The highest BCUT2D eigenvalue weighted by atomic mass is 16.5. The summed E-state index contributed by atoms with van der Waals surface area (Å²) in [6.45, 7) is 3.97. The van der Waals surface area contributed by atoms with Crippen molar-refractivity contribution in [1.82, 2.24) is 5.32 Å². The van der Waals surface area contributed by atoms with Crippen molar-refractivity contribution in [2.24, 2.45) is 5.92 Å². The van der Waals surface area contributed by atoms with Gasteiger partial charge in [0.25, 0.3) is 0 Å². The first kappa shape index (κ1) is 12.6. The van der Waals surface area contributed by atoms with Gasteiger partial charge in [0.15, 0.2) is 0 Å². The third-order valence-corrected chi connectivity index (χ3v) is 4.25. The van der Waals surface area contributed by atoms with Crippen molar-refractivity contribution < 1.29 is 4.74 Å². The van der Waals surface area contributed by atoms with E-state index in [0.717, 1.165) is 19.6 Å². The molecule has 2 heteroatoms. The summed E-state index contributed by atoms with van der Waals surface area (Å²) in [5.41, 5.74) is 2.81. The van der Waals surface area contributed by atoms with Gasteiger partial charge in [-0.1, -0.05) is 36.4 Å². The average Bonchev–Trinajstić information content (AvgIpc) is 2.96. The van der Waals surface area contributed by atoms with Crippen LogP contribution in [0, 0.1) is 12.8 Å². The van der Waals surface area contributed by atoms with Crippen LogP contribution in [0.3, 0.4) is 0 Å². The van der Waals surface area contributed by atoms with Crippen LogP contribution in [0.5, 0.6) is 0 Å². The molecule has 2 unspecified atom stereocenters. The monoisotopic (exact) mass is 255 g/mol. The summed E-state index contributed by atoms with van der Waals surface area (Å²) in [7, 11) is 2.06. The van der Waals surface area contributed by atoms with E-state index in [1.54, 1.807) is 0 Å². The molecule has 0 aromatic heterocycles. The molecule has 0 aliphatic carbocycles. The summed E-state index contributed by atoms with van der Waals surface area (Å²) in [5.74, 6) is 0.578. The Bertz CT molecular complexity index is 572. The number of rotatable bonds is 3. The van der Waals surface area contributed by atoms with E-state index in [0.29, 0.717) is 12.0 Å². The molecule has 2 atom stereocenters. The lowest BCUT2D eigenvalue weighted by molar-refractivity contribution is 0.178. The number of fused-ring (bicyclic) bond motifs is 1. The highest BCUT2D eigenvalue weighted by Gasteiger charge is 2.27. The lowest BCUT2D eigenvalue weighted by Gasteiger charge is -2.25. The maximum atomic E-state index is 5.57. The molecule has 3 rings (SSSR count). The first-order valence-corrected chi connectivity index (χ1v) is 7.04. The second-order valence-electron chi connectivity index (χ2n) is 5.41. The predicted molar refractivity (Wildman–Crippen MR) is 79.4 cm³/mol. The maximum absolute atomic E-state index is 5.57. The number of aryl methyl sites for hydroxylation is 1. The van der Waals surface area contributed by atoms with E-state index in [1.807, 2.05) is 0 Å². The van der Waals surface area contributed by atoms with Gasteiger partial charge in [0, 0.05) is 18.6 Å². The molecule has 0 radical (unpaired) electrons. The van der Waals surface area contributed by atoms with Gasteiger partial charge in [-0.2, -0.15) is 0 Å². The molecule has 1 aliphatic heterocycles. The number of hydrogen-bond acceptors (Lipinski definition) is 2. The van der Waals surface area contributed by atoms with Gasteiger partial charge in [-0.3, -0.25) is 0 Å². The number of nitrogens with one attached hydrogen (secondary N) is 1. The molecule has 2 nitrogen and oxygen atoms in total. The third kappa shape index (κ3) is 2.26. The van der Waals surface area contributed by atoms with Crippen LogP contribution in [0.1, 0.15) is 23.6 Å². The fourth-order valence-corrected chi connectivity index (χ4v) is 3.25. The molecular formula is C17H21NO. The summed E-state index contributed by atoms with van der Waals surface area (Å²) in [4.78, 5) is 0. The summed E-state index contributed by atoms with van der Waals surface area (Å²) >= 11 is 0. The Morgan fingerprint density at radius 2 is 2.05 bits per heavy atom. The molecule has 19 heavy (non-hydrogen) atoms. The lowest BCUT2D eigenvalue weighted by atomic mass is 9.86. The van der Waals surface area contributed by atoms with Crippen molar-refractivity contribution >= 4 is 10.8 Å². The quantitative estimate of drug-likeness (QED) is 0.907. The van der Waals surface area contributed by atoms with Gasteiger partial charge < -0.3 is 10.1 Å². The molecule has 0 bridgehead atoms. The molecule has 0 saturated carbocycles. The zero-order valence-electron chi connectivity index (χ0n) is 11.6. The largest absolute Gasteiger partial charge is 0.381 e. The highest BCUT2D eigenvalue weighted by Crippen LogP contribution is 2.35. The van der Waals surface area contributed by atoms with Crippen molar-refractivity contribution in [3.63, 3.8) is 0 Å². The van der Waals surface area contributed by atoms with Crippen LogP contribution in [-0.2, 0) is 4.74 Å². The molecule has 1 fully saturated rings. The fraction of sp³-hybridized carbons (Fsp3) is 0.412. The van der Waals surface area contributed by atoms with E-state index in [2.05, 4.69) is 55.7 Å². The minimum absolute atomic E-state index is 0.383. The minimum atomic E-state index is 0.383. The van der Waals surface area contributed by atoms with Crippen molar-refractivity contribution in [1.29, 1.82) is 0 Å². The van der Waals surface area contributed by atoms with E-state index in [9.17, 15) is 0 Å². The van der Waals surface area contributed by atoms with Crippen LogP contribution in [0.15, 0.2) is 36.4 Å². The van der Waals surface area contributed by atoms with Crippen LogP contribution >= 0.6 is 0 Å². The van der Waals surface area contributed by atoms with Gasteiger partial charge >= 0.3 is 0 Å². The Hall–Kier alpha value is -1.38. The first-order valence-electron chi connectivity index (χ1n) is 7.04. The van der Waals surface area contributed by atoms with Crippen molar-refractivity contribution in [2.75, 3.05) is 20.3 Å². The topological polar surface area (TPSA) is 21.3 Å². The summed E-state index contributed by atoms with van der Waals surface area (Å²) < 4.78 is 5.57. The minimum Gasteiger partial charge on any atom is -0.381 e. The van der Waals surface area contributed by atoms with Gasteiger partial charge in [-0.15, -0.1) is 0 Å². The van der Waals surface area contributed by atoms with Crippen LogP contribution in [-0.4, -0.2) is 20.3 Å². The van der Waals surface area contributed by atoms with E-state index in [4.69, 9.17) is 4.74 Å². The summed E-state index contributed by atoms with van der Waals surface area (Å²) in [6.07, 6.45) is 1.15. The van der Waals surface area contributed by atoms with Crippen LogP contribution in [0.4, 0.5) is 0 Å². The lowest BCUT2D eigenvalue weighted by Crippen LogP contribution is -2.26. The zero-order valence-corrected chi connectivity index (χ0v) is 11.6. The zero-order chi connectivity index (χ0) is 13.2. The standard InChI is InChI=1S/C17H21NO/c1-12-7-8-13-5-3-4-6-15(13)16(12)17(18-2)14-9-10-19-11-14/h3-8,14,17-18H,9-11H2,1-2H3. The molecule has 100 valence electrons. The first-order chi connectivity index (χ1) is 9.31. The number of hydrogen-bond donors (Lipinski definition) is 1. The molecule has 1 saturated heterocycles. The smallest absolute Gasteiger partial charge is 0.0513 e. The van der Waals surface area contributed by atoms with E-state index in [-0.39, 0.29) is 0 Å². The van der Waals surface area contributed by atoms with Gasteiger partial charge in [0.1, 0.15) is 0 Å². The highest BCUT2D eigenvalue weighted by molar-refractivity contribution is 5.87. The van der Waals surface area contributed by atoms with Gasteiger partial charge in [-0.05, 0) is 42.3 Å². The molecule has 0 amide bonds. The Labute approximate surface area is 114 Å². The van der Waals surface area contributed by atoms with Crippen LogP contribution in [0.25, 0.3) is 10.8 Å². The Balaban J connectivity index is 2.13. The molecule has 1 heterocycles. The van der Waals surface area contributed by atoms with E-state index < -0.39 is 0 Å². The SMILES string of the molecule is CNC(c1c(C)ccc2ccccc12)C1CCOC1. The molecule has 2 aromatic rings. The van der Waals surface area contributed by atoms with Gasteiger partial charge in [-0.25, -0.2) is 0 Å². The van der Waals surface area contributed by atoms with Crippen LogP contribution < -0.4 is 5.32 Å². The summed E-state index contributed by atoms with van der Waals surface area (Å²) in [5, 5.41) is 6.20. The van der Waals surface area contributed by atoms with Crippen LogP contribution in [0.2, 0.25) is 0 Å². The molecule has 2 aromatic carbocycles. The Morgan fingerprint density at radius 1 is 1.21 bits per heavy atom. The Kier molecular flexibility index (Phi) is 3.54. The normalized spacial score (nSPS) is 20.8. The summed E-state index contributed by atoms with van der Waals surface area (Å²) in [6, 6.07) is 13.5. The maximum Gasteiger partial charge on any atom is 0.0513 e. The Morgan fingerprint density at radius 3 is 2.79 bits per heavy atom. The average molecular weight is 255 g/mol. The second-order valence-corrected chi connectivity index (χ2v) is 5.41. The predicted octanol–water partition coefficient (Wildman–Crippen LogP) is 3.45. The van der Waals surface area contributed by atoms with Crippen molar-refractivity contribution in [3.05, 3.63) is 47.5 Å². The van der Waals surface area contributed by atoms with Crippen molar-refractivity contribution in [2.45, 2.75) is 19.4 Å². The van der Waals surface area contributed by atoms with Crippen molar-refractivity contribution in [3.8, 4) is 0 Å². The molecule has 1 aliphatic rings. The van der Waals surface area contributed by atoms with Gasteiger partial charge in [0.05, 0.1) is 6.61 Å². The fourth-order valence-electron chi connectivity index (χ4n) is 3.25. The molecular weight excluding hydrogens is 234 g/mol. The molecule has 0 spiro atoms. The number of ether oxygens (including phenoxy) is 1. The van der Waals surface area contributed by atoms with Gasteiger partial charge in [0.2, 0.25) is 0 Å². The molecule has 1 N–H and O–H groups in total.